The quantitative estimate of drug-likeness (QED) is 0.149. The third-order valence-electron chi connectivity index (χ3n) is 9.00. The van der Waals surface area contributed by atoms with Crippen LogP contribution in [0.1, 0.15) is 81.6 Å². The van der Waals surface area contributed by atoms with E-state index in [2.05, 4.69) is 30.3 Å². The van der Waals surface area contributed by atoms with Crippen LogP contribution in [0, 0.1) is 22.6 Å². The molecule has 0 amide bonds. The van der Waals surface area contributed by atoms with E-state index in [0.29, 0.717) is 29.0 Å². The lowest BCUT2D eigenvalue weighted by molar-refractivity contribution is -0.143. The van der Waals surface area contributed by atoms with E-state index in [-0.39, 0.29) is 17.7 Å². The number of hydrogen-bond donors (Lipinski definition) is 0. The van der Waals surface area contributed by atoms with E-state index in [1.807, 2.05) is 45.0 Å². The third kappa shape index (κ3) is 4.59. The molecule has 8 rings (SSSR count). The number of rotatable bonds is 5. The van der Waals surface area contributed by atoms with Crippen molar-refractivity contribution in [3.8, 4) is 17.6 Å². The second kappa shape index (κ2) is 10.8. The van der Waals surface area contributed by atoms with Crippen LogP contribution in [0.25, 0.3) is 0 Å². The zero-order chi connectivity index (χ0) is 32.2. The fourth-order valence-corrected chi connectivity index (χ4v) is 6.93. The summed E-state index contributed by atoms with van der Waals surface area (Å²) in [6.07, 6.45) is 0.430. The van der Waals surface area contributed by atoms with E-state index in [1.54, 1.807) is 48.5 Å². The number of carbonyl (C=O) groups excluding carboxylic acids is 2. The molecule has 0 saturated carbocycles. The predicted octanol–water partition coefficient (Wildman–Crippen LogP) is 8.25. The maximum absolute atomic E-state index is 14.1. The minimum Gasteiger partial charge on any atom is -0.426 e. The number of halogens is 1. The van der Waals surface area contributed by atoms with Crippen LogP contribution in [0.4, 0.5) is 4.39 Å². The first-order valence-corrected chi connectivity index (χ1v) is 15.2. The van der Waals surface area contributed by atoms with Gasteiger partial charge in [-0.15, -0.1) is 0 Å². The molecule has 0 atom stereocenters. The molecule has 3 aliphatic rings. The van der Waals surface area contributed by atoms with Crippen molar-refractivity contribution in [2.24, 2.45) is 5.41 Å². The van der Waals surface area contributed by atoms with Gasteiger partial charge in [0.2, 0.25) is 0 Å². The van der Waals surface area contributed by atoms with Gasteiger partial charge in [-0.25, -0.2) is 9.18 Å². The van der Waals surface area contributed by atoms with Crippen molar-refractivity contribution in [1.82, 2.24) is 0 Å². The number of benzene rings is 5. The van der Waals surface area contributed by atoms with Gasteiger partial charge in [-0.2, -0.15) is 5.26 Å². The highest BCUT2D eigenvalue weighted by atomic mass is 19.1. The third-order valence-corrected chi connectivity index (χ3v) is 9.00. The summed E-state index contributed by atoms with van der Waals surface area (Å²) in [5, 5.41) is 9.24. The van der Waals surface area contributed by atoms with Crippen molar-refractivity contribution < 1.29 is 23.5 Å². The Bertz CT molecular complexity index is 2020. The van der Waals surface area contributed by atoms with E-state index in [0.717, 1.165) is 38.9 Å². The Morgan fingerprint density at radius 2 is 1.37 bits per heavy atom. The van der Waals surface area contributed by atoms with Crippen LogP contribution >= 0.6 is 0 Å². The zero-order valence-electron chi connectivity index (χ0n) is 25.6. The monoisotopic (exact) mass is 607 g/mol. The molecule has 5 aromatic rings. The maximum Gasteiger partial charge on any atom is 0.343 e. The van der Waals surface area contributed by atoms with E-state index in [1.165, 1.54) is 12.1 Å². The molecule has 3 aliphatic carbocycles. The maximum atomic E-state index is 14.1. The first-order chi connectivity index (χ1) is 22.1. The van der Waals surface area contributed by atoms with Gasteiger partial charge in [0.1, 0.15) is 17.3 Å². The number of nitrogens with zero attached hydrogens (tertiary/aromatic N) is 1. The molecule has 0 saturated heterocycles. The van der Waals surface area contributed by atoms with Crippen LogP contribution in [-0.2, 0) is 16.6 Å². The topological polar surface area (TPSA) is 76.4 Å². The molecule has 0 heterocycles. The number of carbonyl (C=O) groups is 2. The molecule has 46 heavy (non-hydrogen) atoms. The Morgan fingerprint density at radius 1 is 0.783 bits per heavy atom. The standard InChI is InChI=1S/C40H30FNO4/c1-39(2,3)38(44)46-32-20-21-33(45-37(43)26-16-12-25(23-42)13-17-26)36-35(32)34-28-8-4-6-10-30(28)40(36,31-11-7-5-9-29(31)34)22-24-14-18-27(41)19-15-24/h4-21,34H,22H2,1-3H3. The van der Waals surface area contributed by atoms with Gasteiger partial charge in [0.05, 0.1) is 28.0 Å². The van der Waals surface area contributed by atoms with Gasteiger partial charge in [-0.1, -0.05) is 60.7 Å². The second-order valence-electron chi connectivity index (χ2n) is 12.9. The SMILES string of the molecule is CC(C)(C)C(=O)Oc1ccc(OC(=O)c2ccc(C#N)cc2)c2c1C1c3ccccc3C2(Cc2ccc(F)cc2)c2ccccc21. The fraction of sp³-hybridized carbons (Fsp3) is 0.175. The minimum absolute atomic E-state index is 0.297. The zero-order valence-corrected chi connectivity index (χ0v) is 25.6. The smallest absolute Gasteiger partial charge is 0.343 e. The molecule has 0 unspecified atom stereocenters. The van der Waals surface area contributed by atoms with E-state index in [4.69, 9.17) is 9.47 Å². The summed E-state index contributed by atoms with van der Waals surface area (Å²) in [6, 6.07) is 34.6. The first-order valence-electron chi connectivity index (χ1n) is 15.2. The van der Waals surface area contributed by atoms with Gasteiger partial charge in [-0.05, 0) is 104 Å². The highest BCUT2D eigenvalue weighted by molar-refractivity contribution is 5.92. The number of esters is 2. The van der Waals surface area contributed by atoms with Gasteiger partial charge >= 0.3 is 11.9 Å². The Morgan fingerprint density at radius 3 is 1.96 bits per heavy atom. The van der Waals surface area contributed by atoms with Crippen molar-refractivity contribution >= 4 is 11.9 Å². The Balaban J connectivity index is 1.51. The van der Waals surface area contributed by atoms with E-state index in [9.17, 15) is 19.2 Å². The largest absolute Gasteiger partial charge is 0.426 e. The van der Waals surface area contributed by atoms with Crippen LogP contribution in [0.5, 0.6) is 11.5 Å². The van der Waals surface area contributed by atoms with Crippen LogP contribution in [0.3, 0.4) is 0 Å². The van der Waals surface area contributed by atoms with Crippen LogP contribution in [0.15, 0.2) is 109 Å². The van der Waals surface area contributed by atoms with Gasteiger partial charge in [-0.3, -0.25) is 4.79 Å². The summed E-state index contributed by atoms with van der Waals surface area (Å²) in [7, 11) is 0. The average Bonchev–Trinajstić information content (AvgIpc) is 3.06. The summed E-state index contributed by atoms with van der Waals surface area (Å²) in [5.74, 6) is -0.836. The molecular formula is C40H30FNO4. The highest BCUT2D eigenvalue weighted by Gasteiger charge is 2.54. The molecule has 0 N–H and O–H groups in total. The summed E-state index contributed by atoms with van der Waals surface area (Å²) in [5.41, 5.74) is 5.71. The first kappa shape index (κ1) is 29.2. The van der Waals surface area contributed by atoms with Gasteiger partial charge in [0.15, 0.2) is 0 Å². The van der Waals surface area contributed by atoms with Gasteiger partial charge in [0, 0.05) is 17.0 Å². The lowest BCUT2D eigenvalue weighted by Gasteiger charge is -2.51. The predicted molar refractivity (Wildman–Crippen MR) is 171 cm³/mol. The van der Waals surface area contributed by atoms with Crippen molar-refractivity contribution in [3.63, 3.8) is 0 Å². The average molecular weight is 608 g/mol. The molecule has 0 spiro atoms. The number of nitriles is 1. The molecule has 0 aliphatic heterocycles. The molecule has 2 bridgehead atoms. The molecule has 0 fully saturated rings. The molecule has 5 nitrogen and oxygen atoms in total. The van der Waals surface area contributed by atoms with Crippen molar-refractivity contribution in [1.29, 1.82) is 5.26 Å². The highest BCUT2D eigenvalue weighted by Crippen LogP contribution is 2.64. The summed E-state index contributed by atoms with van der Waals surface area (Å²) in [4.78, 5) is 27.0. The Labute approximate surface area is 266 Å². The molecule has 6 heteroatoms. The lowest BCUT2D eigenvalue weighted by atomic mass is 9.51. The molecule has 0 aromatic heterocycles. The van der Waals surface area contributed by atoms with Crippen LogP contribution < -0.4 is 9.47 Å². The second-order valence-corrected chi connectivity index (χ2v) is 12.9. The number of ether oxygens (including phenoxy) is 2. The normalized spacial score (nSPS) is 17.2. The van der Waals surface area contributed by atoms with Crippen molar-refractivity contribution in [2.45, 2.75) is 38.5 Å². The summed E-state index contributed by atoms with van der Waals surface area (Å²) < 4.78 is 26.6. The fourth-order valence-electron chi connectivity index (χ4n) is 6.93. The lowest BCUT2D eigenvalue weighted by Crippen LogP contribution is -2.44. The summed E-state index contributed by atoms with van der Waals surface area (Å²) >= 11 is 0. The van der Waals surface area contributed by atoms with Crippen LogP contribution in [-0.4, -0.2) is 11.9 Å². The number of hydrogen-bond acceptors (Lipinski definition) is 5. The molecule has 0 radical (unpaired) electrons. The van der Waals surface area contributed by atoms with Gasteiger partial charge < -0.3 is 9.47 Å². The Kier molecular flexibility index (Phi) is 6.86. The van der Waals surface area contributed by atoms with Crippen molar-refractivity contribution in [3.05, 3.63) is 165 Å². The van der Waals surface area contributed by atoms with Crippen LogP contribution in [0.2, 0.25) is 0 Å². The Hall–Kier alpha value is -5.54. The molecular weight excluding hydrogens is 577 g/mol. The van der Waals surface area contributed by atoms with Crippen molar-refractivity contribution in [2.75, 3.05) is 0 Å². The van der Waals surface area contributed by atoms with E-state index >= 15 is 0 Å². The van der Waals surface area contributed by atoms with E-state index < -0.39 is 16.8 Å². The molecule has 5 aromatic carbocycles. The molecule has 226 valence electrons. The summed E-state index contributed by atoms with van der Waals surface area (Å²) in [6.45, 7) is 5.42. The van der Waals surface area contributed by atoms with Gasteiger partial charge in [0.25, 0.3) is 0 Å². The minimum atomic E-state index is -0.875.